The third kappa shape index (κ3) is 4.09. The first kappa shape index (κ1) is 17.0. The van der Waals surface area contributed by atoms with Crippen molar-refractivity contribution in [2.45, 2.75) is 19.6 Å². The van der Waals surface area contributed by atoms with Gasteiger partial charge in [-0.1, -0.05) is 28.9 Å². The van der Waals surface area contributed by atoms with Gasteiger partial charge in [0.25, 0.3) is 0 Å². The van der Waals surface area contributed by atoms with Gasteiger partial charge in [-0.3, -0.25) is 5.43 Å². The summed E-state index contributed by atoms with van der Waals surface area (Å²) in [5.41, 5.74) is 4.42. The largest absolute Gasteiger partial charge is 0.470 e. The van der Waals surface area contributed by atoms with Crippen molar-refractivity contribution in [1.82, 2.24) is 10.4 Å². The fourth-order valence-electron chi connectivity index (χ4n) is 2.09. The van der Waals surface area contributed by atoms with Crippen LogP contribution in [-0.2, 0) is 11.3 Å². The second-order valence-corrected chi connectivity index (χ2v) is 8.29. The molecule has 0 saturated carbocycles. The quantitative estimate of drug-likeness (QED) is 0.387. The Hall–Kier alpha value is -0.373. The Balaban J connectivity index is 2.29. The van der Waals surface area contributed by atoms with E-state index in [-0.39, 0.29) is 0 Å². The topological polar surface area (TPSA) is 37.6 Å². The lowest BCUT2D eigenvalue weighted by Gasteiger charge is -2.33. The summed E-state index contributed by atoms with van der Waals surface area (Å²) in [4.78, 5) is 0. The van der Waals surface area contributed by atoms with Gasteiger partial charge >= 0.3 is 0 Å². The summed E-state index contributed by atoms with van der Waals surface area (Å²) in [7, 11) is -0.424. The molecular formula is C13H17Br2ClN2O2Si. The van der Waals surface area contributed by atoms with Crippen molar-refractivity contribution in [2.75, 3.05) is 11.3 Å². The first-order valence-electron chi connectivity index (χ1n) is 6.64. The zero-order valence-corrected chi connectivity index (χ0v) is 17.0. The highest BCUT2D eigenvalue weighted by atomic mass is 79.9. The highest BCUT2D eigenvalue weighted by molar-refractivity contribution is 9.11. The Labute approximate surface area is 148 Å². The number of furan rings is 1. The number of hydrogen-bond donors (Lipinski definition) is 1. The van der Waals surface area contributed by atoms with Crippen molar-refractivity contribution < 1.29 is 9.15 Å². The highest BCUT2D eigenvalue weighted by Crippen LogP contribution is 2.30. The molecule has 1 aromatic rings. The number of nitrogens with zero attached hydrogens (tertiary/aromatic N) is 1. The molecule has 116 valence electrons. The third-order valence-corrected chi connectivity index (χ3v) is 6.23. The third-order valence-electron chi connectivity index (χ3n) is 3.05. The molecule has 4 nitrogen and oxygen atoms in total. The summed E-state index contributed by atoms with van der Waals surface area (Å²) in [6.07, 6.45) is 1.65. The second kappa shape index (κ2) is 8.31. The molecule has 0 saturated heterocycles. The molecule has 0 unspecified atom stereocenters. The van der Waals surface area contributed by atoms with Crippen molar-refractivity contribution in [2.24, 2.45) is 0 Å². The lowest BCUT2D eigenvalue weighted by molar-refractivity contribution is 0.0793. The van der Waals surface area contributed by atoms with Crippen LogP contribution in [0.4, 0.5) is 0 Å². The zero-order chi connectivity index (χ0) is 15.2. The maximum Gasteiger partial charge on any atom is 0.208 e. The first-order chi connectivity index (χ1) is 10.2. The van der Waals surface area contributed by atoms with E-state index in [1.807, 2.05) is 17.1 Å². The molecule has 0 spiro atoms. The Morgan fingerprint density at radius 2 is 2.33 bits per heavy atom. The van der Waals surface area contributed by atoms with Gasteiger partial charge in [0, 0.05) is 10.5 Å². The molecule has 0 aliphatic carbocycles. The van der Waals surface area contributed by atoms with E-state index in [0.29, 0.717) is 12.6 Å². The van der Waals surface area contributed by atoms with Gasteiger partial charge in [0.2, 0.25) is 5.88 Å². The Kier molecular flexibility index (Phi) is 6.72. The summed E-state index contributed by atoms with van der Waals surface area (Å²) in [6, 6.07) is 5.22. The highest BCUT2D eigenvalue weighted by Gasteiger charge is 2.26. The number of ether oxygens (including phenoxy) is 1. The molecule has 0 aromatic carbocycles. The molecule has 0 bridgehead atoms. The van der Waals surface area contributed by atoms with Gasteiger partial charge < -0.3 is 9.15 Å². The molecule has 2 heterocycles. The summed E-state index contributed by atoms with van der Waals surface area (Å²) < 4.78 is 12.3. The maximum atomic E-state index is 6.04. The van der Waals surface area contributed by atoms with Crippen molar-refractivity contribution in [3.8, 4) is 0 Å². The van der Waals surface area contributed by atoms with Crippen LogP contribution in [0.1, 0.15) is 12.7 Å². The van der Waals surface area contributed by atoms with Crippen molar-refractivity contribution in [3.63, 3.8) is 0 Å². The van der Waals surface area contributed by atoms with E-state index in [0.717, 1.165) is 27.6 Å². The van der Waals surface area contributed by atoms with E-state index in [2.05, 4.69) is 44.2 Å². The minimum absolute atomic E-state index is 0.305. The molecule has 1 aromatic heterocycles. The predicted molar refractivity (Wildman–Crippen MR) is 95.0 cm³/mol. The maximum absolute atomic E-state index is 6.04. The number of rotatable bonds is 7. The zero-order valence-electron chi connectivity index (χ0n) is 11.7. The van der Waals surface area contributed by atoms with Crippen molar-refractivity contribution in [3.05, 3.63) is 45.4 Å². The van der Waals surface area contributed by atoms with E-state index in [1.54, 1.807) is 6.26 Å². The van der Waals surface area contributed by atoms with Gasteiger partial charge in [-0.2, -0.15) is 0 Å². The van der Waals surface area contributed by atoms with Gasteiger partial charge in [-0.05, 0) is 33.6 Å². The molecule has 21 heavy (non-hydrogen) atoms. The van der Waals surface area contributed by atoms with E-state index < -0.39 is 9.52 Å². The van der Waals surface area contributed by atoms with Crippen LogP contribution in [-0.4, -0.2) is 25.9 Å². The van der Waals surface area contributed by atoms with E-state index in [1.165, 1.54) is 10.8 Å². The lowest BCUT2D eigenvalue weighted by atomic mass is 10.3. The monoisotopic (exact) mass is 454 g/mol. The molecule has 8 heteroatoms. The lowest BCUT2D eigenvalue weighted by Crippen LogP contribution is -2.41. The van der Waals surface area contributed by atoms with Crippen LogP contribution in [0.2, 0.25) is 6.04 Å². The molecule has 2 rings (SSSR count). The molecule has 0 radical (unpaired) electrons. The standard InChI is InChI=1S/C13H17Br2ClN2O2Si/c1-2-21-11-10(6-14)12(15)17-18(8-16)13(11)20-7-9-4-3-5-19-9/h3-5,17H,2,6-8,21H2,1H3. The van der Waals surface area contributed by atoms with Crippen LogP contribution >= 0.6 is 43.5 Å². The fourth-order valence-corrected chi connectivity index (χ4v) is 6.08. The number of nitrogens with one attached hydrogen (secondary N) is 1. The summed E-state index contributed by atoms with van der Waals surface area (Å²) in [5, 5.41) is 3.87. The van der Waals surface area contributed by atoms with Gasteiger partial charge in [-0.15, -0.1) is 11.6 Å². The van der Waals surface area contributed by atoms with Gasteiger partial charge in [0.1, 0.15) is 23.0 Å². The molecule has 1 N–H and O–H groups in total. The van der Waals surface area contributed by atoms with Gasteiger partial charge in [0.05, 0.1) is 15.8 Å². The fraction of sp³-hybridized carbons (Fsp3) is 0.385. The van der Waals surface area contributed by atoms with Crippen molar-refractivity contribution in [1.29, 1.82) is 0 Å². The summed E-state index contributed by atoms with van der Waals surface area (Å²) in [5.74, 6) is 1.61. The minimum atomic E-state index is -0.424. The average Bonchev–Trinajstić information content (AvgIpc) is 2.99. The summed E-state index contributed by atoms with van der Waals surface area (Å²) >= 11 is 13.2. The van der Waals surface area contributed by atoms with Crippen LogP contribution in [0.3, 0.4) is 0 Å². The number of hydrogen-bond acceptors (Lipinski definition) is 4. The van der Waals surface area contributed by atoms with E-state index in [9.17, 15) is 0 Å². The molecule has 0 fully saturated rings. The van der Waals surface area contributed by atoms with Gasteiger partial charge in [-0.25, -0.2) is 5.01 Å². The van der Waals surface area contributed by atoms with Crippen LogP contribution in [0, 0.1) is 0 Å². The second-order valence-electron chi connectivity index (χ2n) is 4.49. The molecule has 0 amide bonds. The normalized spacial score (nSPS) is 16.1. The number of hydrazine groups is 1. The molecule has 1 aliphatic heterocycles. The summed E-state index contributed by atoms with van der Waals surface area (Å²) in [6.45, 7) is 2.60. The molecule has 1 aliphatic rings. The number of halogens is 3. The van der Waals surface area contributed by atoms with Crippen LogP contribution in [0.15, 0.2) is 44.1 Å². The Bertz CT molecular complexity index is 534. The number of allylic oxidation sites excluding steroid dienone is 2. The van der Waals surface area contributed by atoms with Crippen LogP contribution < -0.4 is 5.43 Å². The SMILES string of the molecule is CC[SiH2]C1=C(OCc2ccco2)N(CCl)NC(Br)=C1CBr. The average molecular weight is 457 g/mol. The molecule has 0 atom stereocenters. The Morgan fingerprint density at radius 1 is 1.52 bits per heavy atom. The molecular weight excluding hydrogens is 440 g/mol. The van der Waals surface area contributed by atoms with E-state index in [4.69, 9.17) is 20.8 Å². The van der Waals surface area contributed by atoms with Crippen molar-refractivity contribution >= 4 is 53.0 Å². The van der Waals surface area contributed by atoms with Crippen LogP contribution in [0.5, 0.6) is 0 Å². The van der Waals surface area contributed by atoms with Gasteiger partial charge in [0.15, 0.2) is 0 Å². The van der Waals surface area contributed by atoms with Crippen LogP contribution in [0.25, 0.3) is 0 Å². The Morgan fingerprint density at radius 3 is 2.90 bits per heavy atom. The van der Waals surface area contributed by atoms with E-state index >= 15 is 0 Å². The smallest absolute Gasteiger partial charge is 0.208 e. The predicted octanol–water partition coefficient (Wildman–Crippen LogP) is 3.59. The number of alkyl halides is 2. The minimum Gasteiger partial charge on any atom is -0.470 e. The first-order valence-corrected chi connectivity index (χ1v) is 10.8.